The summed E-state index contributed by atoms with van der Waals surface area (Å²) in [5.74, 6) is 0.152. The van der Waals surface area contributed by atoms with Gasteiger partial charge in [-0.25, -0.2) is 4.39 Å². The first-order valence-corrected chi connectivity index (χ1v) is 10.5. The normalized spacial score (nSPS) is 20.9. The van der Waals surface area contributed by atoms with E-state index in [2.05, 4.69) is 15.1 Å². The topological polar surface area (TPSA) is 35.6 Å². The molecule has 0 saturated carbocycles. The van der Waals surface area contributed by atoms with Gasteiger partial charge in [-0.05, 0) is 77.8 Å². The highest BCUT2D eigenvalue weighted by Gasteiger charge is 2.31. The van der Waals surface area contributed by atoms with Crippen LogP contribution in [0.2, 0.25) is 5.02 Å². The average Bonchev–Trinajstić information content (AvgIpc) is 2.65. The second-order valence-corrected chi connectivity index (χ2v) is 8.59. The highest BCUT2D eigenvalue weighted by Crippen LogP contribution is 2.26. The lowest BCUT2D eigenvalue weighted by Crippen LogP contribution is -2.49. The molecule has 0 atom stereocenters. The molecule has 2 saturated heterocycles. The van der Waals surface area contributed by atoms with Gasteiger partial charge in [0.1, 0.15) is 5.82 Å². The van der Waals surface area contributed by atoms with Crippen LogP contribution in [0.3, 0.4) is 0 Å². The molecule has 0 aromatic heterocycles. The summed E-state index contributed by atoms with van der Waals surface area (Å²) in [4.78, 5) is 17.0. The van der Waals surface area contributed by atoms with E-state index in [4.69, 9.17) is 11.6 Å². The molecule has 0 unspecified atom stereocenters. The van der Waals surface area contributed by atoms with E-state index in [1.54, 1.807) is 12.1 Å². The first-order valence-electron chi connectivity index (χ1n) is 10.1. The van der Waals surface area contributed by atoms with Crippen LogP contribution < -0.4 is 5.32 Å². The fraction of sp³-hybridized carbons (Fsp3) is 0.667. The minimum atomic E-state index is -0.216. The molecule has 3 rings (SSSR count). The van der Waals surface area contributed by atoms with Gasteiger partial charge in [-0.1, -0.05) is 17.7 Å². The number of carbonyl (C=O) groups is 1. The van der Waals surface area contributed by atoms with Crippen molar-refractivity contribution < 1.29 is 9.18 Å². The fourth-order valence-corrected chi connectivity index (χ4v) is 4.50. The zero-order chi connectivity index (χ0) is 19.4. The quantitative estimate of drug-likeness (QED) is 0.826. The maximum atomic E-state index is 14.0. The van der Waals surface area contributed by atoms with Gasteiger partial charge in [-0.2, -0.15) is 0 Å². The number of hydrogen-bond acceptors (Lipinski definition) is 3. The Hall–Kier alpha value is -1.17. The third-order valence-corrected chi connectivity index (χ3v) is 6.20. The lowest BCUT2D eigenvalue weighted by molar-refractivity contribution is -0.127. The summed E-state index contributed by atoms with van der Waals surface area (Å²) in [6.45, 7) is 8.52. The van der Waals surface area contributed by atoms with Crippen LogP contribution in [-0.2, 0) is 11.3 Å². The minimum absolute atomic E-state index is 0.159. The Morgan fingerprint density at radius 3 is 2.44 bits per heavy atom. The average molecular weight is 396 g/mol. The van der Waals surface area contributed by atoms with Gasteiger partial charge < -0.3 is 10.2 Å². The largest absolute Gasteiger partial charge is 0.354 e. The molecule has 2 heterocycles. The zero-order valence-electron chi connectivity index (χ0n) is 16.4. The number of piperidine rings is 2. The number of nitrogens with one attached hydrogen (secondary N) is 1. The van der Waals surface area contributed by atoms with Crippen LogP contribution in [0.5, 0.6) is 0 Å². The molecular weight excluding hydrogens is 365 g/mol. The predicted molar refractivity (Wildman–Crippen MR) is 107 cm³/mol. The molecule has 1 aromatic carbocycles. The Bertz CT molecular complexity index is 618. The van der Waals surface area contributed by atoms with Crippen molar-refractivity contribution in [1.82, 2.24) is 15.1 Å². The summed E-state index contributed by atoms with van der Waals surface area (Å²) in [7, 11) is 0. The number of likely N-dealkylation sites (tertiary alicyclic amines) is 2. The number of amides is 1. The number of rotatable bonds is 5. The second-order valence-electron chi connectivity index (χ2n) is 8.18. The molecular formula is C21H31ClFN3O. The third-order valence-electron chi connectivity index (χ3n) is 5.85. The van der Waals surface area contributed by atoms with Crippen molar-refractivity contribution in [1.29, 1.82) is 0 Å². The minimum Gasteiger partial charge on any atom is -0.354 e. The molecule has 27 heavy (non-hydrogen) atoms. The Morgan fingerprint density at radius 1 is 1.19 bits per heavy atom. The monoisotopic (exact) mass is 395 g/mol. The highest BCUT2D eigenvalue weighted by atomic mass is 35.5. The first kappa shape index (κ1) is 20.6. The van der Waals surface area contributed by atoms with Crippen LogP contribution in [0.15, 0.2) is 18.2 Å². The molecule has 0 radical (unpaired) electrons. The molecule has 2 aliphatic heterocycles. The van der Waals surface area contributed by atoms with Gasteiger partial charge in [0.2, 0.25) is 5.91 Å². The number of hydrogen-bond donors (Lipinski definition) is 1. The number of nitrogens with zero attached hydrogens (tertiary/aromatic N) is 2. The molecule has 4 nitrogen and oxygen atoms in total. The Morgan fingerprint density at radius 2 is 1.85 bits per heavy atom. The van der Waals surface area contributed by atoms with Crippen LogP contribution >= 0.6 is 11.6 Å². The molecule has 150 valence electrons. The molecule has 1 aromatic rings. The van der Waals surface area contributed by atoms with Crippen molar-refractivity contribution >= 4 is 17.5 Å². The molecule has 1 amide bonds. The summed E-state index contributed by atoms with van der Waals surface area (Å²) in [6, 6.07) is 5.67. The molecule has 0 aliphatic carbocycles. The Balaban J connectivity index is 1.44. The molecule has 0 spiro atoms. The van der Waals surface area contributed by atoms with Crippen molar-refractivity contribution in [2.24, 2.45) is 5.92 Å². The van der Waals surface area contributed by atoms with Gasteiger partial charge >= 0.3 is 0 Å². The van der Waals surface area contributed by atoms with E-state index < -0.39 is 0 Å². The lowest BCUT2D eigenvalue weighted by atomic mass is 9.92. The van der Waals surface area contributed by atoms with Gasteiger partial charge in [0.05, 0.1) is 0 Å². The van der Waals surface area contributed by atoms with E-state index in [0.29, 0.717) is 23.2 Å². The predicted octanol–water partition coefficient (Wildman–Crippen LogP) is 3.68. The van der Waals surface area contributed by atoms with Crippen molar-refractivity contribution in [3.05, 3.63) is 34.6 Å². The van der Waals surface area contributed by atoms with E-state index in [1.807, 2.05) is 13.8 Å². The van der Waals surface area contributed by atoms with Gasteiger partial charge in [0, 0.05) is 35.1 Å². The third kappa shape index (κ3) is 5.43. The molecule has 6 heteroatoms. The van der Waals surface area contributed by atoms with Gasteiger partial charge in [0.25, 0.3) is 0 Å². The van der Waals surface area contributed by atoms with Gasteiger partial charge in [-0.15, -0.1) is 0 Å². The van der Waals surface area contributed by atoms with Crippen LogP contribution in [0.4, 0.5) is 4.39 Å². The Labute approximate surface area is 167 Å². The van der Waals surface area contributed by atoms with E-state index in [9.17, 15) is 9.18 Å². The van der Waals surface area contributed by atoms with Crippen LogP contribution in [0, 0.1) is 11.7 Å². The summed E-state index contributed by atoms with van der Waals surface area (Å²) < 4.78 is 14.0. The zero-order valence-corrected chi connectivity index (χ0v) is 17.1. The molecule has 1 N–H and O–H groups in total. The number of carbonyl (C=O) groups excluding carboxylic acids is 1. The van der Waals surface area contributed by atoms with E-state index in [-0.39, 0.29) is 23.7 Å². The Kier molecular flexibility index (Phi) is 7.12. The van der Waals surface area contributed by atoms with Crippen molar-refractivity contribution in [2.75, 3.05) is 26.2 Å². The number of benzene rings is 1. The highest BCUT2D eigenvalue weighted by molar-refractivity contribution is 6.31. The standard InChI is InChI=1S/C21H31ClFN3O/c1-15(2)24-21(27)16-6-12-26(13-7-16)17-8-10-25(11-9-17)14-18-19(22)4-3-5-20(18)23/h3-5,15-17H,6-14H2,1-2H3,(H,24,27). The summed E-state index contributed by atoms with van der Waals surface area (Å²) in [6.07, 6.45) is 4.08. The van der Waals surface area contributed by atoms with Crippen LogP contribution in [-0.4, -0.2) is 54.0 Å². The first-order chi connectivity index (χ1) is 12.9. The van der Waals surface area contributed by atoms with E-state index in [0.717, 1.165) is 51.9 Å². The van der Waals surface area contributed by atoms with Crippen LogP contribution in [0.1, 0.15) is 45.1 Å². The van der Waals surface area contributed by atoms with Crippen molar-refractivity contribution in [3.8, 4) is 0 Å². The fourth-order valence-electron chi connectivity index (χ4n) is 4.28. The summed E-state index contributed by atoms with van der Waals surface area (Å²) in [5.41, 5.74) is 0.606. The van der Waals surface area contributed by atoms with E-state index in [1.165, 1.54) is 6.07 Å². The second kappa shape index (κ2) is 9.35. The maximum Gasteiger partial charge on any atom is 0.223 e. The molecule has 0 bridgehead atoms. The summed E-state index contributed by atoms with van der Waals surface area (Å²) in [5, 5.41) is 3.55. The van der Waals surface area contributed by atoms with Crippen molar-refractivity contribution in [2.45, 2.75) is 58.2 Å². The lowest BCUT2D eigenvalue weighted by Gasteiger charge is -2.41. The number of halogens is 2. The maximum absolute atomic E-state index is 14.0. The summed E-state index contributed by atoms with van der Waals surface area (Å²) >= 11 is 6.16. The van der Waals surface area contributed by atoms with Gasteiger partial charge in [-0.3, -0.25) is 9.69 Å². The van der Waals surface area contributed by atoms with Crippen LogP contribution in [0.25, 0.3) is 0 Å². The molecule has 2 aliphatic rings. The smallest absolute Gasteiger partial charge is 0.223 e. The molecule has 2 fully saturated rings. The SMILES string of the molecule is CC(C)NC(=O)C1CCN(C2CCN(Cc3c(F)cccc3Cl)CC2)CC1. The van der Waals surface area contributed by atoms with Gasteiger partial charge in [0.15, 0.2) is 0 Å². The van der Waals surface area contributed by atoms with E-state index >= 15 is 0 Å². The van der Waals surface area contributed by atoms with Crippen molar-refractivity contribution in [3.63, 3.8) is 0 Å².